The Balaban J connectivity index is 2.76. The average Bonchev–Trinajstić information content (AvgIpc) is 2.18. The van der Waals surface area contributed by atoms with Gasteiger partial charge in [-0.3, -0.25) is 0 Å². The molecule has 3 heteroatoms. The lowest BCUT2D eigenvalue weighted by atomic mass is 10.1. The van der Waals surface area contributed by atoms with E-state index >= 15 is 0 Å². The fourth-order valence-electron chi connectivity index (χ4n) is 1.25. The highest BCUT2D eigenvalue weighted by Crippen LogP contribution is 2.18. The van der Waals surface area contributed by atoms with Crippen molar-refractivity contribution in [3.8, 4) is 5.75 Å². The molecule has 1 atom stereocenters. The molecule has 1 aromatic rings. The van der Waals surface area contributed by atoms with Crippen molar-refractivity contribution in [3.05, 3.63) is 29.6 Å². The molecule has 0 saturated carbocycles. The maximum atomic E-state index is 13.2. The van der Waals surface area contributed by atoms with Crippen LogP contribution in [0.2, 0.25) is 0 Å². The van der Waals surface area contributed by atoms with E-state index in [1.54, 1.807) is 12.1 Å². The molecular weight excluding hydrogens is 183 g/mol. The Kier molecular flexibility index (Phi) is 3.89. The van der Waals surface area contributed by atoms with Gasteiger partial charge < -0.3 is 9.84 Å². The SMILES string of the molecule is CC[C@@H](O)Cc1ccc(OC)c(F)c1. The minimum absolute atomic E-state index is 0.236. The predicted molar refractivity (Wildman–Crippen MR) is 53.0 cm³/mol. The fourth-order valence-corrected chi connectivity index (χ4v) is 1.25. The molecule has 1 rings (SSSR count). The predicted octanol–water partition coefficient (Wildman–Crippen LogP) is 2.15. The van der Waals surface area contributed by atoms with E-state index in [0.717, 1.165) is 5.56 Å². The Morgan fingerprint density at radius 1 is 1.50 bits per heavy atom. The molecule has 0 aliphatic rings. The summed E-state index contributed by atoms with van der Waals surface area (Å²) < 4.78 is 18.0. The molecule has 0 bridgehead atoms. The Morgan fingerprint density at radius 2 is 2.21 bits per heavy atom. The quantitative estimate of drug-likeness (QED) is 0.803. The highest BCUT2D eigenvalue weighted by atomic mass is 19.1. The topological polar surface area (TPSA) is 29.5 Å². The Hall–Kier alpha value is -1.09. The third kappa shape index (κ3) is 2.70. The molecule has 2 nitrogen and oxygen atoms in total. The second-order valence-corrected chi connectivity index (χ2v) is 3.24. The smallest absolute Gasteiger partial charge is 0.165 e. The summed E-state index contributed by atoms with van der Waals surface area (Å²) in [5.74, 6) is -0.145. The van der Waals surface area contributed by atoms with Crippen LogP contribution in [-0.2, 0) is 6.42 Å². The molecule has 0 heterocycles. The van der Waals surface area contributed by atoms with E-state index in [4.69, 9.17) is 4.74 Å². The monoisotopic (exact) mass is 198 g/mol. The third-order valence-corrected chi connectivity index (χ3v) is 2.16. The summed E-state index contributed by atoms with van der Waals surface area (Å²) >= 11 is 0. The normalized spacial score (nSPS) is 12.6. The van der Waals surface area contributed by atoms with Gasteiger partial charge in [-0.15, -0.1) is 0 Å². The standard InChI is InChI=1S/C11H15FO2/c1-3-9(13)6-8-4-5-11(14-2)10(12)7-8/h4-5,7,9,13H,3,6H2,1-2H3/t9-/m1/s1. The van der Waals surface area contributed by atoms with Crippen LogP contribution < -0.4 is 4.74 Å². The highest BCUT2D eigenvalue weighted by molar-refractivity contribution is 5.29. The molecule has 1 N–H and O–H groups in total. The van der Waals surface area contributed by atoms with Crippen molar-refractivity contribution in [2.45, 2.75) is 25.9 Å². The number of halogens is 1. The summed E-state index contributed by atoms with van der Waals surface area (Å²) in [6, 6.07) is 4.74. The molecule has 1 aromatic carbocycles. The summed E-state index contributed by atoms with van der Waals surface area (Å²) in [6.07, 6.45) is 0.758. The van der Waals surface area contributed by atoms with E-state index in [1.807, 2.05) is 6.92 Å². The number of hydrogen-bond donors (Lipinski definition) is 1. The lowest BCUT2D eigenvalue weighted by Crippen LogP contribution is -2.08. The van der Waals surface area contributed by atoms with Crippen LogP contribution in [0, 0.1) is 5.82 Å². The Bertz CT molecular complexity index is 299. The number of hydrogen-bond acceptors (Lipinski definition) is 2. The lowest BCUT2D eigenvalue weighted by Gasteiger charge is -2.08. The van der Waals surface area contributed by atoms with Crippen molar-refractivity contribution >= 4 is 0 Å². The van der Waals surface area contributed by atoms with Gasteiger partial charge in [-0.05, 0) is 30.5 Å². The number of ether oxygens (including phenoxy) is 1. The molecule has 0 saturated heterocycles. The van der Waals surface area contributed by atoms with Crippen molar-refractivity contribution in [1.29, 1.82) is 0 Å². The van der Waals surface area contributed by atoms with Crippen LogP contribution in [0.5, 0.6) is 5.75 Å². The summed E-state index contributed by atoms with van der Waals surface area (Å²) in [6.45, 7) is 1.89. The van der Waals surface area contributed by atoms with E-state index < -0.39 is 6.10 Å². The minimum Gasteiger partial charge on any atom is -0.494 e. The van der Waals surface area contributed by atoms with Gasteiger partial charge in [0.25, 0.3) is 0 Å². The summed E-state index contributed by atoms with van der Waals surface area (Å²) in [5, 5.41) is 9.38. The molecular formula is C11H15FO2. The number of methoxy groups -OCH3 is 1. The zero-order chi connectivity index (χ0) is 10.6. The van der Waals surface area contributed by atoms with Crippen molar-refractivity contribution in [3.63, 3.8) is 0 Å². The minimum atomic E-state index is -0.400. The first-order valence-electron chi connectivity index (χ1n) is 4.67. The van der Waals surface area contributed by atoms with Crippen molar-refractivity contribution in [2.24, 2.45) is 0 Å². The van der Waals surface area contributed by atoms with Crippen molar-refractivity contribution in [1.82, 2.24) is 0 Å². The highest BCUT2D eigenvalue weighted by Gasteiger charge is 2.06. The average molecular weight is 198 g/mol. The molecule has 0 spiro atoms. The summed E-state index contributed by atoms with van der Waals surface area (Å²) in [7, 11) is 1.43. The summed E-state index contributed by atoms with van der Waals surface area (Å²) in [4.78, 5) is 0. The molecule has 0 aliphatic carbocycles. The second-order valence-electron chi connectivity index (χ2n) is 3.24. The lowest BCUT2D eigenvalue weighted by molar-refractivity contribution is 0.170. The van der Waals surface area contributed by atoms with Crippen molar-refractivity contribution in [2.75, 3.05) is 7.11 Å². The molecule has 0 fully saturated rings. The number of rotatable bonds is 4. The molecule has 14 heavy (non-hydrogen) atoms. The fraction of sp³-hybridized carbons (Fsp3) is 0.455. The zero-order valence-corrected chi connectivity index (χ0v) is 8.46. The van der Waals surface area contributed by atoms with Gasteiger partial charge in [0, 0.05) is 0 Å². The van der Waals surface area contributed by atoms with Crippen LogP contribution in [0.15, 0.2) is 18.2 Å². The van der Waals surface area contributed by atoms with Gasteiger partial charge in [0.05, 0.1) is 13.2 Å². The van der Waals surface area contributed by atoms with Crippen LogP contribution >= 0.6 is 0 Å². The van der Waals surface area contributed by atoms with Gasteiger partial charge in [0.2, 0.25) is 0 Å². The molecule has 0 aromatic heterocycles. The largest absolute Gasteiger partial charge is 0.494 e. The van der Waals surface area contributed by atoms with Crippen LogP contribution in [0.4, 0.5) is 4.39 Å². The molecule has 0 unspecified atom stereocenters. The van der Waals surface area contributed by atoms with Gasteiger partial charge in [-0.2, -0.15) is 0 Å². The molecule has 0 radical (unpaired) electrons. The van der Waals surface area contributed by atoms with E-state index in [-0.39, 0.29) is 11.6 Å². The molecule has 78 valence electrons. The van der Waals surface area contributed by atoms with E-state index in [9.17, 15) is 9.50 Å². The molecule has 0 aliphatic heterocycles. The first-order valence-corrected chi connectivity index (χ1v) is 4.67. The van der Waals surface area contributed by atoms with E-state index in [1.165, 1.54) is 13.2 Å². The van der Waals surface area contributed by atoms with Gasteiger partial charge in [0.15, 0.2) is 11.6 Å². The zero-order valence-electron chi connectivity index (χ0n) is 8.46. The van der Waals surface area contributed by atoms with Crippen LogP contribution in [-0.4, -0.2) is 18.3 Å². The van der Waals surface area contributed by atoms with Crippen molar-refractivity contribution < 1.29 is 14.2 Å². The van der Waals surface area contributed by atoms with Gasteiger partial charge in [-0.1, -0.05) is 13.0 Å². The van der Waals surface area contributed by atoms with E-state index in [2.05, 4.69) is 0 Å². The maximum Gasteiger partial charge on any atom is 0.165 e. The first kappa shape index (κ1) is 11.0. The van der Waals surface area contributed by atoms with Gasteiger partial charge in [0.1, 0.15) is 0 Å². The Morgan fingerprint density at radius 3 is 2.71 bits per heavy atom. The number of benzene rings is 1. The first-order chi connectivity index (χ1) is 6.67. The summed E-state index contributed by atoms with van der Waals surface area (Å²) in [5.41, 5.74) is 0.789. The van der Waals surface area contributed by atoms with Gasteiger partial charge in [-0.25, -0.2) is 4.39 Å². The number of aliphatic hydroxyl groups excluding tert-OH is 1. The van der Waals surface area contributed by atoms with Gasteiger partial charge >= 0.3 is 0 Å². The van der Waals surface area contributed by atoms with Crippen LogP contribution in [0.3, 0.4) is 0 Å². The van der Waals surface area contributed by atoms with Crippen LogP contribution in [0.1, 0.15) is 18.9 Å². The van der Waals surface area contributed by atoms with Crippen LogP contribution in [0.25, 0.3) is 0 Å². The maximum absolute atomic E-state index is 13.2. The molecule has 0 amide bonds. The van der Waals surface area contributed by atoms with E-state index in [0.29, 0.717) is 12.8 Å². The second kappa shape index (κ2) is 4.96. The number of aliphatic hydroxyl groups is 1. The third-order valence-electron chi connectivity index (χ3n) is 2.16. The Labute approximate surface area is 83.3 Å².